The van der Waals surface area contributed by atoms with Gasteiger partial charge in [0, 0.05) is 6.20 Å². The third kappa shape index (κ3) is 3.11. The molecule has 2 amide bonds. The topological polar surface area (TPSA) is 90.0 Å². The minimum atomic E-state index is -0.472. The first-order valence-electron chi connectivity index (χ1n) is 7.60. The number of rotatable bonds is 5. The molecule has 6 nitrogen and oxygen atoms in total. The fourth-order valence-electron chi connectivity index (χ4n) is 2.95. The lowest BCUT2D eigenvalue weighted by Gasteiger charge is -2.16. The zero-order valence-corrected chi connectivity index (χ0v) is 13.3. The largest absolute Gasteiger partial charge is 0.368 e. The van der Waals surface area contributed by atoms with E-state index in [1.54, 1.807) is 6.20 Å². The number of anilines is 1. The van der Waals surface area contributed by atoms with E-state index in [1.807, 2.05) is 13.8 Å². The summed E-state index contributed by atoms with van der Waals surface area (Å²) in [5.41, 5.74) is 8.65. The molecule has 0 saturated heterocycles. The van der Waals surface area contributed by atoms with E-state index in [2.05, 4.69) is 28.6 Å². The van der Waals surface area contributed by atoms with Gasteiger partial charge < -0.3 is 11.1 Å². The highest BCUT2D eigenvalue weighted by atomic mass is 16.2. The van der Waals surface area contributed by atoms with Crippen molar-refractivity contribution in [3.05, 3.63) is 47.3 Å². The third-order valence-corrected chi connectivity index (χ3v) is 4.17. The minimum Gasteiger partial charge on any atom is -0.368 e. The molecule has 120 valence electrons. The monoisotopic (exact) mass is 312 g/mol. The summed E-state index contributed by atoms with van der Waals surface area (Å²) in [6, 6.07) is 6.26. The van der Waals surface area contributed by atoms with Crippen LogP contribution in [0.15, 0.2) is 30.6 Å². The van der Waals surface area contributed by atoms with E-state index in [9.17, 15) is 9.59 Å². The molecule has 1 heterocycles. The molecule has 0 unspecified atom stereocenters. The molecule has 0 spiro atoms. The molecule has 0 atom stereocenters. The average Bonchev–Trinajstić information content (AvgIpc) is 3.15. The first-order chi connectivity index (χ1) is 10.9. The van der Waals surface area contributed by atoms with Crippen LogP contribution in [0.2, 0.25) is 0 Å². The van der Waals surface area contributed by atoms with Gasteiger partial charge in [-0.15, -0.1) is 0 Å². The molecule has 3 N–H and O–H groups in total. The Hall–Kier alpha value is -2.63. The van der Waals surface area contributed by atoms with Crippen LogP contribution < -0.4 is 11.1 Å². The highest BCUT2D eigenvalue weighted by Gasteiger charge is 2.51. The second kappa shape index (κ2) is 5.53. The normalized spacial score (nSPS) is 15.2. The molecule has 3 rings (SSSR count). The number of carbonyl (C=O) groups excluding carboxylic acids is 2. The van der Waals surface area contributed by atoms with Gasteiger partial charge in [0.2, 0.25) is 11.8 Å². The molecule has 1 aromatic carbocycles. The number of hydrogen-bond donors (Lipinski definition) is 2. The van der Waals surface area contributed by atoms with Gasteiger partial charge in [0.25, 0.3) is 0 Å². The predicted molar refractivity (Wildman–Crippen MR) is 86.9 cm³/mol. The Balaban J connectivity index is 1.77. The summed E-state index contributed by atoms with van der Waals surface area (Å²) >= 11 is 0. The summed E-state index contributed by atoms with van der Waals surface area (Å²) in [5.74, 6) is -0.499. The zero-order chi connectivity index (χ0) is 16.6. The van der Waals surface area contributed by atoms with Gasteiger partial charge in [-0.1, -0.05) is 29.3 Å². The summed E-state index contributed by atoms with van der Waals surface area (Å²) < 4.78 is 1.41. The second-order valence-corrected chi connectivity index (χ2v) is 6.31. The Morgan fingerprint density at radius 1 is 1.26 bits per heavy atom. The summed E-state index contributed by atoms with van der Waals surface area (Å²) in [7, 11) is 0. The first kappa shape index (κ1) is 15.3. The van der Waals surface area contributed by atoms with Crippen LogP contribution in [0.25, 0.3) is 0 Å². The Kier molecular flexibility index (Phi) is 3.67. The molecule has 0 radical (unpaired) electrons. The maximum Gasteiger partial charge on any atom is 0.239 e. The number of amides is 2. The van der Waals surface area contributed by atoms with Crippen LogP contribution in [-0.4, -0.2) is 21.6 Å². The van der Waals surface area contributed by atoms with Crippen molar-refractivity contribution in [3.8, 4) is 0 Å². The minimum absolute atomic E-state index is 0.00190. The van der Waals surface area contributed by atoms with E-state index in [0.717, 1.165) is 29.5 Å². The van der Waals surface area contributed by atoms with Gasteiger partial charge >= 0.3 is 0 Å². The Bertz CT molecular complexity index is 754. The third-order valence-electron chi connectivity index (χ3n) is 4.17. The van der Waals surface area contributed by atoms with Gasteiger partial charge in [0.15, 0.2) is 0 Å². The molecule has 1 aliphatic rings. The van der Waals surface area contributed by atoms with Crippen LogP contribution in [0.4, 0.5) is 5.69 Å². The zero-order valence-electron chi connectivity index (χ0n) is 13.3. The van der Waals surface area contributed by atoms with Gasteiger partial charge in [-0.25, -0.2) is 0 Å². The van der Waals surface area contributed by atoms with E-state index >= 15 is 0 Å². The van der Waals surface area contributed by atoms with Crippen LogP contribution in [0, 0.1) is 13.8 Å². The molecule has 1 fully saturated rings. The van der Waals surface area contributed by atoms with E-state index in [-0.39, 0.29) is 12.5 Å². The Morgan fingerprint density at radius 2 is 1.91 bits per heavy atom. The number of aromatic nitrogens is 2. The van der Waals surface area contributed by atoms with E-state index in [0.29, 0.717) is 5.69 Å². The van der Waals surface area contributed by atoms with Crippen molar-refractivity contribution in [2.45, 2.75) is 38.6 Å². The summed E-state index contributed by atoms with van der Waals surface area (Å²) in [6.45, 7) is 4.08. The van der Waals surface area contributed by atoms with Crippen molar-refractivity contribution in [1.29, 1.82) is 0 Å². The van der Waals surface area contributed by atoms with Crippen LogP contribution in [0.1, 0.15) is 29.5 Å². The Morgan fingerprint density at radius 3 is 2.48 bits per heavy atom. The molecule has 1 aliphatic carbocycles. The van der Waals surface area contributed by atoms with E-state index in [1.165, 1.54) is 10.9 Å². The molecule has 6 heteroatoms. The number of primary amides is 1. The van der Waals surface area contributed by atoms with Crippen molar-refractivity contribution in [2.75, 3.05) is 5.32 Å². The quantitative estimate of drug-likeness (QED) is 0.879. The highest BCUT2D eigenvalue weighted by molar-refractivity contribution is 6.01. The lowest BCUT2D eigenvalue weighted by Crippen LogP contribution is -2.27. The standard InChI is InChI=1S/C17H20N4O2/c1-11-5-12(2)7-13(6-11)17(3-4-17)16(23)20-14-8-19-21(9-14)10-15(18)22/h5-9H,3-4,10H2,1-2H3,(H2,18,22)(H,20,23). The molecule has 0 bridgehead atoms. The second-order valence-electron chi connectivity index (χ2n) is 6.31. The van der Waals surface area contributed by atoms with Gasteiger partial charge in [-0.3, -0.25) is 14.3 Å². The van der Waals surface area contributed by atoms with Gasteiger partial charge in [0.1, 0.15) is 6.54 Å². The van der Waals surface area contributed by atoms with Gasteiger partial charge in [-0.2, -0.15) is 5.10 Å². The van der Waals surface area contributed by atoms with Crippen LogP contribution in [0.5, 0.6) is 0 Å². The van der Waals surface area contributed by atoms with Crippen molar-refractivity contribution in [2.24, 2.45) is 5.73 Å². The fourth-order valence-corrected chi connectivity index (χ4v) is 2.95. The van der Waals surface area contributed by atoms with Gasteiger partial charge in [0.05, 0.1) is 17.3 Å². The number of nitrogens with zero attached hydrogens (tertiary/aromatic N) is 2. The molecule has 0 aliphatic heterocycles. The lowest BCUT2D eigenvalue weighted by atomic mass is 9.92. The fraction of sp³-hybridized carbons (Fsp3) is 0.353. The number of aryl methyl sites for hydroxylation is 2. The summed E-state index contributed by atoms with van der Waals surface area (Å²) in [5, 5.41) is 6.92. The average molecular weight is 312 g/mol. The first-order valence-corrected chi connectivity index (χ1v) is 7.60. The number of hydrogen-bond acceptors (Lipinski definition) is 3. The van der Waals surface area contributed by atoms with Crippen LogP contribution in [0.3, 0.4) is 0 Å². The molecule has 23 heavy (non-hydrogen) atoms. The van der Waals surface area contributed by atoms with Crippen molar-refractivity contribution in [1.82, 2.24) is 9.78 Å². The molecule has 2 aromatic rings. The highest BCUT2D eigenvalue weighted by Crippen LogP contribution is 2.49. The smallest absolute Gasteiger partial charge is 0.239 e. The maximum absolute atomic E-state index is 12.7. The molecular formula is C17H20N4O2. The van der Waals surface area contributed by atoms with Crippen molar-refractivity contribution < 1.29 is 9.59 Å². The molecule has 1 saturated carbocycles. The van der Waals surface area contributed by atoms with Crippen LogP contribution >= 0.6 is 0 Å². The maximum atomic E-state index is 12.7. The van der Waals surface area contributed by atoms with Gasteiger partial charge in [-0.05, 0) is 32.3 Å². The molecular weight excluding hydrogens is 292 g/mol. The van der Waals surface area contributed by atoms with E-state index < -0.39 is 11.3 Å². The van der Waals surface area contributed by atoms with Crippen molar-refractivity contribution >= 4 is 17.5 Å². The SMILES string of the molecule is Cc1cc(C)cc(C2(C(=O)Nc3cnn(CC(N)=O)c3)CC2)c1. The summed E-state index contributed by atoms with van der Waals surface area (Å²) in [6.07, 6.45) is 4.83. The predicted octanol–water partition coefficient (Wildman–Crippen LogP) is 1.66. The summed E-state index contributed by atoms with van der Waals surface area (Å²) in [4.78, 5) is 23.6. The van der Waals surface area contributed by atoms with Crippen molar-refractivity contribution in [3.63, 3.8) is 0 Å². The number of carbonyl (C=O) groups is 2. The van der Waals surface area contributed by atoms with Crippen LogP contribution in [-0.2, 0) is 21.5 Å². The molecule has 1 aromatic heterocycles. The number of nitrogens with two attached hydrogens (primary N) is 1. The Labute approximate surface area is 134 Å². The van der Waals surface area contributed by atoms with E-state index in [4.69, 9.17) is 5.73 Å². The number of benzene rings is 1. The lowest BCUT2D eigenvalue weighted by molar-refractivity contribution is -0.119. The number of nitrogens with one attached hydrogen (secondary N) is 1.